The zero-order valence-electron chi connectivity index (χ0n) is 11.8. The Morgan fingerprint density at radius 2 is 2.32 bits per heavy atom. The fourth-order valence-corrected chi connectivity index (χ4v) is 1.59. The maximum Gasteiger partial charge on any atom is 0.169 e. The first-order valence-corrected chi connectivity index (χ1v) is 6.43. The maximum absolute atomic E-state index is 7.62. The smallest absolute Gasteiger partial charge is 0.169 e. The van der Waals surface area contributed by atoms with Crippen molar-refractivity contribution in [2.75, 3.05) is 19.9 Å². The largest absolute Gasteiger partial charge is 0.492 e. The van der Waals surface area contributed by atoms with E-state index in [0.717, 1.165) is 5.92 Å². The van der Waals surface area contributed by atoms with E-state index in [2.05, 4.69) is 16.9 Å². The summed E-state index contributed by atoms with van der Waals surface area (Å²) in [6.07, 6.45) is 7.36. The molecule has 1 aliphatic carbocycles. The normalized spacial score (nSPS) is 13.8. The quantitative estimate of drug-likeness (QED) is 0.818. The number of ether oxygens (including phenoxy) is 1. The van der Waals surface area contributed by atoms with Crippen LogP contribution in [-0.2, 0) is 0 Å². The summed E-state index contributed by atoms with van der Waals surface area (Å²) in [7, 11) is 3.08. The first kappa shape index (κ1) is 15.1. The Morgan fingerprint density at radius 3 is 2.74 bits per heavy atom. The topological polar surface area (TPSA) is 84.4 Å². The third-order valence-electron chi connectivity index (χ3n) is 2.93. The van der Waals surface area contributed by atoms with Crippen LogP contribution in [0.3, 0.4) is 0 Å². The minimum absolute atomic E-state index is 0.177. The molecule has 1 fully saturated rings. The molecule has 0 spiro atoms. The zero-order valence-corrected chi connectivity index (χ0v) is 11.8. The average Bonchev–Trinajstić information content (AvgIpc) is 3.23. The number of nitrogens with two attached hydrogens (primary N) is 1. The van der Waals surface area contributed by atoms with Gasteiger partial charge in [0.25, 0.3) is 0 Å². The molecule has 0 aliphatic heterocycles. The lowest BCUT2D eigenvalue weighted by Gasteiger charge is -2.07. The van der Waals surface area contributed by atoms with Gasteiger partial charge in [0.15, 0.2) is 5.75 Å². The van der Waals surface area contributed by atoms with Crippen LogP contribution in [0.4, 0.5) is 5.69 Å². The van der Waals surface area contributed by atoms with Gasteiger partial charge in [0.05, 0.1) is 12.8 Å². The number of hydrogen-bond donors (Lipinski definition) is 2. The predicted molar refractivity (Wildman–Crippen MR) is 79.5 cm³/mol. The number of nitrogens with zero attached hydrogens (tertiary/aromatic N) is 2. The second-order valence-corrected chi connectivity index (χ2v) is 4.43. The third kappa shape index (κ3) is 4.69. The van der Waals surface area contributed by atoms with Crippen molar-refractivity contribution in [3.8, 4) is 5.75 Å². The molecule has 1 aromatic rings. The number of methoxy groups -OCH3 is 1. The minimum Gasteiger partial charge on any atom is -0.492 e. The van der Waals surface area contributed by atoms with Crippen molar-refractivity contribution in [3.05, 3.63) is 18.0 Å². The SMILES string of the molecule is CCC1CC1.CN=CC(=N)c1nccc(N)c1OC. The molecule has 0 unspecified atom stereocenters. The molecule has 1 aromatic heterocycles. The molecule has 104 valence electrons. The van der Waals surface area contributed by atoms with Gasteiger partial charge in [0.2, 0.25) is 0 Å². The van der Waals surface area contributed by atoms with Gasteiger partial charge in [-0.2, -0.15) is 0 Å². The Labute approximate surface area is 114 Å². The van der Waals surface area contributed by atoms with Crippen LogP contribution in [-0.4, -0.2) is 31.1 Å². The Kier molecular flexibility index (Phi) is 5.99. The van der Waals surface area contributed by atoms with Crippen LogP contribution in [0.5, 0.6) is 5.75 Å². The second kappa shape index (κ2) is 7.51. The molecule has 0 saturated heterocycles. The summed E-state index contributed by atoms with van der Waals surface area (Å²) in [5.41, 5.74) is 6.70. The number of rotatable bonds is 4. The highest BCUT2D eigenvalue weighted by atomic mass is 16.5. The number of nitrogens with one attached hydrogen (secondary N) is 1. The number of hydrogen-bond acceptors (Lipinski definition) is 5. The number of pyridine rings is 1. The van der Waals surface area contributed by atoms with Crippen LogP contribution in [0.2, 0.25) is 0 Å². The number of aromatic nitrogens is 1. The highest BCUT2D eigenvalue weighted by Crippen LogP contribution is 2.31. The molecule has 3 N–H and O–H groups in total. The van der Waals surface area contributed by atoms with Gasteiger partial charge in [-0.1, -0.05) is 26.2 Å². The molecular formula is C14H22N4O. The predicted octanol–water partition coefficient (Wildman–Crippen LogP) is 2.55. The van der Waals surface area contributed by atoms with Crippen LogP contribution in [0.1, 0.15) is 31.9 Å². The lowest BCUT2D eigenvalue weighted by molar-refractivity contribution is 0.414. The highest BCUT2D eigenvalue weighted by Gasteiger charge is 2.17. The van der Waals surface area contributed by atoms with Gasteiger partial charge >= 0.3 is 0 Å². The van der Waals surface area contributed by atoms with Crippen molar-refractivity contribution in [2.24, 2.45) is 10.9 Å². The molecule has 0 amide bonds. The summed E-state index contributed by atoms with van der Waals surface area (Å²) in [5, 5.41) is 7.62. The fourth-order valence-electron chi connectivity index (χ4n) is 1.59. The van der Waals surface area contributed by atoms with Crippen LogP contribution in [0.15, 0.2) is 17.3 Å². The summed E-state index contributed by atoms with van der Waals surface area (Å²) in [5.74, 6) is 1.55. The van der Waals surface area contributed by atoms with Crippen molar-refractivity contribution < 1.29 is 4.74 Å². The van der Waals surface area contributed by atoms with Gasteiger partial charge in [0, 0.05) is 19.5 Å². The van der Waals surface area contributed by atoms with Gasteiger partial charge in [-0.3, -0.25) is 15.4 Å². The summed E-state index contributed by atoms with van der Waals surface area (Å²) in [6, 6.07) is 1.62. The van der Waals surface area contributed by atoms with Crippen LogP contribution in [0, 0.1) is 11.3 Å². The van der Waals surface area contributed by atoms with E-state index in [1.54, 1.807) is 13.1 Å². The van der Waals surface area contributed by atoms with Crippen molar-refractivity contribution in [2.45, 2.75) is 26.2 Å². The van der Waals surface area contributed by atoms with Crippen molar-refractivity contribution >= 4 is 17.6 Å². The average molecular weight is 262 g/mol. The molecule has 0 atom stereocenters. The third-order valence-corrected chi connectivity index (χ3v) is 2.93. The maximum atomic E-state index is 7.62. The first-order valence-electron chi connectivity index (χ1n) is 6.43. The molecule has 0 aromatic carbocycles. The van der Waals surface area contributed by atoms with E-state index < -0.39 is 0 Å². The molecule has 2 rings (SSSR count). The van der Waals surface area contributed by atoms with E-state index in [0.29, 0.717) is 17.1 Å². The molecule has 1 saturated carbocycles. The van der Waals surface area contributed by atoms with Gasteiger partial charge < -0.3 is 10.5 Å². The number of nitrogen functional groups attached to an aromatic ring is 1. The summed E-state index contributed by atoms with van der Waals surface area (Å²) in [6.45, 7) is 2.26. The fraction of sp³-hybridized carbons (Fsp3) is 0.500. The zero-order chi connectivity index (χ0) is 14.3. The molecule has 5 heteroatoms. The lowest BCUT2D eigenvalue weighted by Crippen LogP contribution is -2.08. The molecule has 19 heavy (non-hydrogen) atoms. The summed E-state index contributed by atoms with van der Waals surface area (Å²) >= 11 is 0. The van der Waals surface area contributed by atoms with Crippen molar-refractivity contribution in [1.29, 1.82) is 5.41 Å². The summed E-state index contributed by atoms with van der Waals surface area (Å²) in [4.78, 5) is 7.74. The molecule has 1 aliphatic rings. The Morgan fingerprint density at radius 1 is 1.63 bits per heavy atom. The van der Waals surface area contributed by atoms with Gasteiger partial charge in [0.1, 0.15) is 11.4 Å². The van der Waals surface area contributed by atoms with E-state index >= 15 is 0 Å². The number of anilines is 1. The molecular weight excluding hydrogens is 240 g/mol. The Balaban J connectivity index is 0.000000300. The van der Waals surface area contributed by atoms with Crippen molar-refractivity contribution in [3.63, 3.8) is 0 Å². The van der Waals surface area contributed by atoms with Gasteiger partial charge in [-0.25, -0.2) is 0 Å². The van der Waals surface area contributed by atoms with E-state index in [1.807, 2.05) is 0 Å². The second-order valence-electron chi connectivity index (χ2n) is 4.43. The standard InChI is InChI=1S/C9H12N4O.C5H10/c1-12-5-7(11)8-9(14-2)6(10)3-4-13-8;1-2-5-3-4-5/h3-5,11H,1-2H3,(H2,10,13);5H,2-4H2,1H3. The highest BCUT2D eigenvalue weighted by molar-refractivity contribution is 6.37. The molecule has 1 heterocycles. The van der Waals surface area contributed by atoms with E-state index in [9.17, 15) is 0 Å². The lowest BCUT2D eigenvalue weighted by atomic mass is 10.2. The monoisotopic (exact) mass is 262 g/mol. The minimum atomic E-state index is 0.177. The molecule has 0 bridgehead atoms. The van der Waals surface area contributed by atoms with Crippen LogP contribution >= 0.6 is 0 Å². The first-order chi connectivity index (χ1) is 9.13. The van der Waals surface area contributed by atoms with Crippen molar-refractivity contribution in [1.82, 2.24) is 4.98 Å². The number of aliphatic imine (C=N–C) groups is 1. The van der Waals surface area contributed by atoms with E-state index in [1.165, 1.54) is 38.8 Å². The van der Waals surface area contributed by atoms with Gasteiger partial charge in [-0.15, -0.1) is 0 Å². The van der Waals surface area contributed by atoms with Crippen LogP contribution < -0.4 is 10.5 Å². The van der Waals surface area contributed by atoms with Crippen LogP contribution in [0.25, 0.3) is 0 Å². The van der Waals surface area contributed by atoms with Gasteiger partial charge in [-0.05, 0) is 12.0 Å². The molecule has 5 nitrogen and oxygen atoms in total. The Hall–Kier alpha value is -1.91. The Bertz CT molecular complexity index is 453. The molecule has 0 radical (unpaired) electrons. The summed E-state index contributed by atoms with van der Waals surface area (Å²) < 4.78 is 5.05. The van der Waals surface area contributed by atoms with E-state index in [-0.39, 0.29) is 5.71 Å². The van der Waals surface area contributed by atoms with E-state index in [4.69, 9.17) is 15.9 Å².